The number of benzene rings is 2. The molecule has 0 heterocycles. The summed E-state index contributed by atoms with van der Waals surface area (Å²) in [6, 6.07) is 10.2. The molecule has 26 heavy (non-hydrogen) atoms. The molecule has 0 amide bonds. The van der Waals surface area contributed by atoms with Crippen LogP contribution in [0.3, 0.4) is 0 Å². The molecule has 0 bridgehead atoms. The largest absolute Gasteiger partial charge is 0.478 e. The number of fused-ring (bicyclic) bond motifs is 1. The minimum Gasteiger partial charge on any atom is -0.478 e. The predicted octanol–water partition coefficient (Wildman–Crippen LogP) is 5.10. The molecule has 136 valence electrons. The average molecular weight is 352 g/mol. The van der Waals surface area contributed by atoms with E-state index in [0.29, 0.717) is 5.56 Å². The fraction of sp³-hybridized carbons (Fsp3) is 0.364. The molecule has 0 unspecified atom stereocenters. The van der Waals surface area contributed by atoms with Crippen LogP contribution < -0.4 is 0 Å². The first-order valence-electron chi connectivity index (χ1n) is 8.79. The van der Waals surface area contributed by atoms with Gasteiger partial charge in [-0.05, 0) is 64.1 Å². The molecule has 1 aliphatic carbocycles. The molecule has 3 rings (SSSR count). The van der Waals surface area contributed by atoms with Crippen molar-refractivity contribution in [3.8, 4) is 11.1 Å². The number of carboxylic acids is 2. The standard InChI is InChI=1S/C22H24O4/c1-21(2)9-10-22(3,4)18-12-13(6-8-17(18)21)16-11-14(19(23)24)5-7-15(16)20(25)26/h5-8,11-12H,9-10H2,1-4H3,(H,23,24)(H,25,26). The van der Waals surface area contributed by atoms with Gasteiger partial charge in [-0.15, -0.1) is 0 Å². The molecule has 0 aliphatic heterocycles. The maximum atomic E-state index is 11.6. The van der Waals surface area contributed by atoms with Crippen molar-refractivity contribution >= 4 is 11.9 Å². The molecule has 2 aromatic carbocycles. The molecular formula is C22H24O4. The van der Waals surface area contributed by atoms with Crippen LogP contribution in [0.1, 0.15) is 72.4 Å². The number of aromatic carboxylic acids is 2. The second kappa shape index (κ2) is 5.97. The van der Waals surface area contributed by atoms with Gasteiger partial charge in [0.25, 0.3) is 0 Å². The van der Waals surface area contributed by atoms with Gasteiger partial charge < -0.3 is 10.2 Å². The summed E-state index contributed by atoms with van der Waals surface area (Å²) in [6.45, 7) is 8.87. The molecule has 0 aromatic heterocycles. The molecular weight excluding hydrogens is 328 g/mol. The van der Waals surface area contributed by atoms with E-state index in [2.05, 4.69) is 33.8 Å². The first kappa shape index (κ1) is 18.2. The van der Waals surface area contributed by atoms with Gasteiger partial charge in [-0.2, -0.15) is 0 Å². The van der Waals surface area contributed by atoms with E-state index in [9.17, 15) is 19.8 Å². The van der Waals surface area contributed by atoms with Crippen LogP contribution in [0.5, 0.6) is 0 Å². The smallest absolute Gasteiger partial charge is 0.336 e. The van der Waals surface area contributed by atoms with Crippen molar-refractivity contribution in [1.29, 1.82) is 0 Å². The summed E-state index contributed by atoms with van der Waals surface area (Å²) in [5.41, 5.74) is 3.95. The lowest BCUT2D eigenvalue weighted by Crippen LogP contribution is -2.33. The minimum absolute atomic E-state index is 0.00530. The third-order valence-electron chi connectivity index (χ3n) is 5.66. The second-order valence-electron chi connectivity index (χ2n) is 8.40. The lowest BCUT2D eigenvalue weighted by atomic mass is 9.63. The van der Waals surface area contributed by atoms with Gasteiger partial charge in [0, 0.05) is 0 Å². The van der Waals surface area contributed by atoms with E-state index in [1.54, 1.807) is 0 Å². The van der Waals surface area contributed by atoms with Crippen LogP contribution >= 0.6 is 0 Å². The molecule has 4 nitrogen and oxygen atoms in total. The van der Waals surface area contributed by atoms with Crippen molar-refractivity contribution in [2.75, 3.05) is 0 Å². The van der Waals surface area contributed by atoms with E-state index in [0.717, 1.165) is 18.4 Å². The van der Waals surface area contributed by atoms with Crippen molar-refractivity contribution in [2.45, 2.75) is 51.4 Å². The highest BCUT2D eigenvalue weighted by Gasteiger charge is 2.37. The second-order valence-corrected chi connectivity index (χ2v) is 8.40. The first-order valence-corrected chi connectivity index (χ1v) is 8.79. The summed E-state index contributed by atoms with van der Waals surface area (Å²) in [5, 5.41) is 18.8. The third-order valence-corrected chi connectivity index (χ3v) is 5.66. The Balaban J connectivity index is 2.25. The Morgan fingerprint density at radius 3 is 2.00 bits per heavy atom. The Labute approximate surface area is 153 Å². The summed E-state index contributed by atoms with van der Waals surface area (Å²) in [7, 11) is 0. The monoisotopic (exact) mass is 352 g/mol. The van der Waals surface area contributed by atoms with Gasteiger partial charge in [0.1, 0.15) is 0 Å². The quantitative estimate of drug-likeness (QED) is 0.806. The maximum Gasteiger partial charge on any atom is 0.336 e. The lowest BCUT2D eigenvalue weighted by molar-refractivity contribution is 0.0682. The van der Waals surface area contributed by atoms with Crippen molar-refractivity contribution < 1.29 is 19.8 Å². The molecule has 0 fully saturated rings. The fourth-order valence-corrected chi connectivity index (χ4v) is 3.86. The summed E-state index contributed by atoms with van der Waals surface area (Å²) in [4.78, 5) is 23.0. The summed E-state index contributed by atoms with van der Waals surface area (Å²) < 4.78 is 0. The highest BCUT2D eigenvalue weighted by atomic mass is 16.4. The number of carboxylic acid groups (broad SMARTS) is 2. The van der Waals surface area contributed by atoms with Gasteiger partial charge in [0.05, 0.1) is 11.1 Å². The number of carbonyl (C=O) groups is 2. The Morgan fingerprint density at radius 2 is 1.42 bits per heavy atom. The average Bonchev–Trinajstić information content (AvgIpc) is 2.58. The fourth-order valence-electron chi connectivity index (χ4n) is 3.86. The van der Waals surface area contributed by atoms with Gasteiger partial charge >= 0.3 is 11.9 Å². The topological polar surface area (TPSA) is 74.6 Å². The van der Waals surface area contributed by atoms with Crippen LogP contribution in [0, 0.1) is 0 Å². The lowest BCUT2D eigenvalue weighted by Gasteiger charge is -2.42. The molecule has 0 spiro atoms. The van der Waals surface area contributed by atoms with E-state index in [-0.39, 0.29) is 22.0 Å². The molecule has 0 atom stereocenters. The highest BCUT2D eigenvalue weighted by molar-refractivity contribution is 5.99. The van der Waals surface area contributed by atoms with Crippen LogP contribution in [0.4, 0.5) is 0 Å². The molecule has 1 aliphatic rings. The third kappa shape index (κ3) is 3.00. The van der Waals surface area contributed by atoms with E-state index in [4.69, 9.17) is 0 Å². The van der Waals surface area contributed by atoms with Crippen molar-refractivity contribution in [3.63, 3.8) is 0 Å². The summed E-state index contributed by atoms with van der Waals surface area (Å²) >= 11 is 0. The molecule has 4 heteroatoms. The number of hydrogen-bond acceptors (Lipinski definition) is 2. The Kier molecular flexibility index (Phi) is 4.18. The summed E-state index contributed by atoms with van der Waals surface area (Å²) in [5.74, 6) is -2.13. The Hall–Kier alpha value is -2.62. The van der Waals surface area contributed by atoms with Gasteiger partial charge in [0.15, 0.2) is 0 Å². The van der Waals surface area contributed by atoms with Crippen molar-refractivity contribution in [3.05, 3.63) is 58.7 Å². The van der Waals surface area contributed by atoms with Crippen LogP contribution in [-0.2, 0) is 10.8 Å². The number of hydrogen-bond donors (Lipinski definition) is 2. The highest BCUT2D eigenvalue weighted by Crippen LogP contribution is 2.47. The normalized spacial score (nSPS) is 17.4. The molecule has 0 saturated carbocycles. The first-order chi connectivity index (χ1) is 12.0. The molecule has 0 radical (unpaired) electrons. The van der Waals surface area contributed by atoms with Crippen LogP contribution in [-0.4, -0.2) is 22.2 Å². The van der Waals surface area contributed by atoms with Crippen LogP contribution in [0.15, 0.2) is 36.4 Å². The zero-order valence-corrected chi connectivity index (χ0v) is 15.6. The predicted molar refractivity (Wildman–Crippen MR) is 101 cm³/mol. The van der Waals surface area contributed by atoms with Crippen molar-refractivity contribution in [1.82, 2.24) is 0 Å². The summed E-state index contributed by atoms with van der Waals surface area (Å²) in [6.07, 6.45) is 2.15. The Morgan fingerprint density at radius 1 is 0.808 bits per heavy atom. The Bertz CT molecular complexity index is 906. The van der Waals surface area contributed by atoms with E-state index >= 15 is 0 Å². The molecule has 2 aromatic rings. The zero-order valence-electron chi connectivity index (χ0n) is 15.6. The van der Waals surface area contributed by atoms with Gasteiger partial charge in [-0.1, -0.05) is 45.9 Å². The number of rotatable bonds is 3. The SMILES string of the molecule is CC1(C)CCC(C)(C)c2cc(-c3cc(C(=O)O)ccc3C(=O)O)ccc21. The molecule has 0 saturated heterocycles. The van der Waals surface area contributed by atoms with Gasteiger partial charge in [-0.3, -0.25) is 0 Å². The zero-order chi connectivity index (χ0) is 19.3. The van der Waals surface area contributed by atoms with Crippen LogP contribution in [0.2, 0.25) is 0 Å². The van der Waals surface area contributed by atoms with Crippen LogP contribution in [0.25, 0.3) is 11.1 Å². The van der Waals surface area contributed by atoms with E-state index in [1.807, 2.05) is 12.1 Å². The van der Waals surface area contributed by atoms with Gasteiger partial charge in [-0.25, -0.2) is 9.59 Å². The maximum absolute atomic E-state index is 11.6. The molecule has 2 N–H and O–H groups in total. The minimum atomic E-state index is -1.07. The van der Waals surface area contributed by atoms with E-state index < -0.39 is 11.9 Å². The van der Waals surface area contributed by atoms with Crippen molar-refractivity contribution in [2.24, 2.45) is 0 Å². The van der Waals surface area contributed by atoms with Gasteiger partial charge in [0.2, 0.25) is 0 Å². The van der Waals surface area contributed by atoms with E-state index in [1.165, 1.54) is 29.3 Å².